The normalized spacial score (nSPS) is 11.8. The van der Waals surface area contributed by atoms with Crippen LogP contribution in [-0.2, 0) is 11.2 Å². The highest BCUT2D eigenvalue weighted by molar-refractivity contribution is 7.71. The van der Waals surface area contributed by atoms with E-state index in [-0.39, 0.29) is 5.78 Å². The van der Waals surface area contributed by atoms with E-state index in [2.05, 4.69) is 15.3 Å². The molecule has 1 aromatic heterocycles. The zero-order chi connectivity index (χ0) is 10.7. The van der Waals surface area contributed by atoms with Crippen molar-refractivity contribution in [2.75, 3.05) is 0 Å². The molecule has 0 atom stereocenters. The first-order chi connectivity index (χ1) is 6.56. The Morgan fingerprint density at radius 2 is 2.29 bits per heavy atom. The van der Waals surface area contributed by atoms with Crippen LogP contribution < -0.4 is 0 Å². The molecule has 0 unspecified atom stereocenters. The molecule has 0 saturated carbocycles. The minimum Gasteiger partial charge on any atom is -0.293 e. The smallest absolute Gasteiger partial charge is 0.216 e. The molecule has 0 fully saturated rings. The predicted molar refractivity (Wildman–Crippen MR) is 56.0 cm³/mol. The highest BCUT2D eigenvalue weighted by Crippen LogP contribution is 1.99. The number of rotatable bonds is 3. The third-order valence-corrected chi connectivity index (χ3v) is 2.06. The van der Waals surface area contributed by atoms with Crippen molar-refractivity contribution in [2.24, 2.45) is 5.10 Å². The molecule has 0 saturated heterocycles. The standard InChI is InChI=1S/C8H12N4OS/c1-4-7-9-10-8(14)12(7)11-5(2)6(3)13/h4H2,1-3H3,(H,10,14). The number of aryl methyl sites for hydroxylation is 1. The number of carbonyl (C=O) groups excluding carboxylic acids is 1. The van der Waals surface area contributed by atoms with Crippen molar-refractivity contribution in [3.05, 3.63) is 10.6 Å². The van der Waals surface area contributed by atoms with Gasteiger partial charge in [-0.05, 0) is 19.1 Å². The van der Waals surface area contributed by atoms with Crippen molar-refractivity contribution in [3.8, 4) is 0 Å². The second-order valence-electron chi connectivity index (χ2n) is 2.85. The quantitative estimate of drug-likeness (QED) is 0.607. The number of nitrogens with zero attached hydrogens (tertiary/aromatic N) is 3. The lowest BCUT2D eigenvalue weighted by Gasteiger charge is -1.98. The van der Waals surface area contributed by atoms with Crippen molar-refractivity contribution in [1.29, 1.82) is 0 Å². The number of aromatic amines is 1. The molecule has 76 valence electrons. The number of hydrogen-bond donors (Lipinski definition) is 1. The predicted octanol–water partition coefficient (Wildman–Crippen LogP) is 1.32. The molecule has 0 amide bonds. The van der Waals surface area contributed by atoms with E-state index in [0.29, 0.717) is 16.9 Å². The van der Waals surface area contributed by atoms with Gasteiger partial charge in [-0.3, -0.25) is 9.89 Å². The second kappa shape index (κ2) is 4.28. The van der Waals surface area contributed by atoms with Gasteiger partial charge in [-0.2, -0.15) is 14.9 Å². The Kier molecular flexibility index (Phi) is 3.29. The van der Waals surface area contributed by atoms with Crippen LogP contribution in [0.3, 0.4) is 0 Å². The van der Waals surface area contributed by atoms with E-state index in [4.69, 9.17) is 12.2 Å². The topological polar surface area (TPSA) is 63.0 Å². The van der Waals surface area contributed by atoms with E-state index < -0.39 is 0 Å². The summed E-state index contributed by atoms with van der Waals surface area (Å²) in [4.78, 5) is 11.0. The minimum absolute atomic E-state index is 0.0739. The van der Waals surface area contributed by atoms with Gasteiger partial charge in [0.15, 0.2) is 11.6 Å². The molecule has 6 heteroatoms. The zero-order valence-corrected chi connectivity index (χ0v) is 9.18. The summed E-state index contributed by atoms with van der Waals surface area (Å²) in [5.74, 6) is 0.644. The van der Waals surface area contributed by atoms with Gasteiger partial charge >= 0.3 is 0 Å². The lowest BCUT2D eigenvalue weighted by molar-refractivity contribution is -0.111. The maximum Gasteiger partial charge on any atom is 0.216 e. The molecule has 0 aliphatic rings. The average molecular weight is 212 g/mol. The first kappa shape index (κ1) is 10.8. The van der Waals surface area contributed by atoms with Crippen LogP contribution in [-0.4, -0.2) is 26.4 Å². The van der Waals surface area contributed by atoms with Crippen LogP contribution in [0.1, 0.15) is 26.6 Å². The van der Waals surface area contributed by atoms with Gasteiger partial charge in [-0.1, -0.05) is 6.92 Å². The van der Waals surface area contributed by atoms with E-state index in [1.165, 1.54) is 11.6 Å². The zero-order valence-electron chi connectivity index (χ0n) is 8.37. The van der Waals surface area contributed by atoms with Gasteiger partial charge in [0.05, 0.1) is 0 Å². The Hall–Kier alpha value is -1.30. The molecule has 5 nitrogen and oxygen atoms in total. The molecular formula is C8H12N4OS. The number of aromatic nitrogens is 3. The third kappa shape index (κ3) is 2.14. The first-order valence-corrected chi connectivity index (χ1v) is 4.70. The molecule has 0 bridgehead atoms. The van der Waals surface area contributed by atoms with Crippen molar-refractivity contribution >= 4 is 23.7 Å². The fourth-order valence-corrected chi connectivity index (χ4v) is 1.07. The molecule has 14 heavy (non-hydrogen) atoms. The van der Waals surface area contributed by atoms with Gasteiger partial charge in [-0.15, -0.1) is 0 Å². The summed E-state index contributed by atoms with van der Waals surface area (Å²) >= 11 is 4.97. The van der Waals surface area contributed by atoms with Gasteiger partial charge < -0.3 is 0 Å². The van der Waals surface area contributed by atoms with Crippen LogP contribution in [0.15, 0.2) is 5.10 Å². The monoisotopic (exact) mass is 212 g/mol. The summed E-state index contributed by atoms with van der Waals surface area (Å²) in [5.41, 5.74) is 0.414. The second-order valence-corrected chi connectivity index (χ2v) is 3.24. The SMILES string of the molecule is CCc1n[nH]c(=S)n1N=C(C)C(C)=O. The van der Waals surface area contributed by atoms with E-state index in [1.807, 2.05) is 6.92 Å². The minimum atomic E-state index is -0.0739. The van der Waals surface area contributed by atoms with E-state index in [9.17, 15) is 4.79 Å². The number of hydrogen-bond acceptors (Lipinski definition) is 4. The molecule has 1 N–H and O–H groups in total. The molecule has 0 aliphatic heterocycles. The molecule has 1 heterocycles. The van der Waals surface area contributed by atoms with E-state index in [0.717, 1.165) is 5.82 Å². The molecule has 1 aromatic rings. The molecule has 0 aliphatic carbocycles. The Morgan fingerprint density at radius 1 is 1.64 bits per heavy atom. The number of carbonyl (C=O) groups is 1. The van der Waals surface area contributed by atoms with Gasteiger partial charge in [-0.25, -0.2) is 0 Å². The van der Waals surface area contributed by atoms with Crippen molar-refractivity contribution < 1.29 is 4.79 Å². The van der Waals surface area contributed by atoms with Crippen LogP contribution >= 0.6 is 12.2 Å². The van der Waals surface area contributed by atoms with E-state index in [1.54, 1.807) is 6.92 Å². The largest absolute Gasteiger partial charge is 0.293 e. The summed E-state index contributed by atoms with van der Waals surface area (Å²) in [6.45, 7) is 5.06. The fraction of sp³-hybridized carbons (Fsp3) is 0.500. The summed E-state index contributed by atoms with van der Waals surface area (Å²) in [6, 6.07) is 0. The Labute approximate surface area is 86.8 Å². The van der Waals surface area contributed by atoms with Crippen LogP contribution in [0.2, 0.25) is 0 Å². The molecular weight excluding hydrogens is 200 g/mol. The molecule has 0 radical (unpaired) electrons. The van der Waals surface area contributed by atoms with Crippen LogP contribution in [0, 0.1) is 4.77 Å². The molecule has 0 spiro atoms. The maximum atomic E-state index is 11.0. The fourth-order valence-electron chi connectivity index (χ4n) is 0.877. The summed E-state index contributed by atoms with van der Waals surface area (Å²) in [6.07, 6.45) is 0.710. The number of H-pyrrole nitrogens is 1. The van der Waals surface area contributed by atoms with Crippen LogP contribution in [0.5, 0.6) is 0 Å². The van der Waals surface area contributed by atoms with Gasteiger partial charge in [0.1, 0.15) is 5.71 Å². The van der Waals surface area contributed by atoms with Crippen molar-refractivity contribution in [1.82, 2.24) is 14.9 Å². The Balaban J connectivity index is 3.19. The average Bonchev–Trinajstić information content (AvgIpc) is 2.47. The van der Waals surface area contributed by atoms with Crippen LogP contribution in [0.25, 0.3) is 0 Å². The first-order valence-electron chi connectivity index (χ1n) is 4.29. The van der Waals surface area contributed by atoms with Gasteiger partial charge in [0.2, 0.25) is 4.77 Å². The molecule has 0 aromatic carbocycles. The highest BCUT2D eigenvalue weighted by Gasteiger charge is 2.04. The summed E-state index contributed by atoms with van der Waals surface area (Å²) in [5, 5.41) is 10.7. The Bertz CT molecular complexity index is 429. The highest BCUT2D eigenvalue weighted by atomic mass is 32.1. The lowest BCUT2D eigenvalue weighted by atomic mass is 10.3. The third-order valence-electron chi connectivity index (χ3n) is 1.79. The van der Waals surface area contributed by atoms with Crippen molar-refractivity contribution in [3.63, 3.8) is 0 Å². The van der Waals surface area contributed by atoms with Crippen molar-refractivity contribution in [2.45, 2.75) is 27.2 Å². The maximum absolute atomic E-state index is 11.0. The number of Topliss-reactive ketones (excluding diaryl/α,β-unsaturated/α-hetero) is 1. The van der Waals surface area contributed by atoms with Crippen LogP contribution in [0.4, 0.5) is 0 Å². The summed E-state index contributed by atoms with van der Waals surface area (Å²) in [7, 11) is 0. The van der Waals surface area contributed by atoms with Gasteiger partial charge in [0.25, 0.3) is 0 Å². The lowest BCUT2D eigenvalue weighted by Crippen LogP contribution is -2.08. The Morgan fingerprint density at radius 3 is 2.79 bits per heavy atom. The van der Waals surface area contributed by atoms with Gasteiger partial charge in [0, 0.05) is 13.3 Å². The summed E-state index contributed by atoms with van der Waals surface area (Å²) < 4.78 is 1.88. The molecule has 1 rings (SSSR count). The number of ketones is 1. The number of nitrogens with one attached hydrogen (secondary N) is 1. The van der Waals surface area contributed by atoms with E-state index >= 15 is 0 Å².